The molecule has 1 heterocycles. The summed E-state index contributed by atoms with van der Waals surface area (Å²) in [5.41, 5.74) is 2.69. The second kappa shape index (κ2) is 7.26. The van der Waals surface area contributed by atoms with Crippen molar-refractivity contribution in [3.8, 4) is 0 Å². The van der Waals surface area contributed by atoms with Gasteiger partial charge in [-0.15, -0.1) is 12.4 Å². The zero-order chi connectivity index (χ0) is 13.8. The monoisotopic (exact) mass is 297 g/mol. The van der Waals surface area contributed by atoms with Crippen LogP contribution in [0.5, 0.6) is 0 Å². The molecule has 0 saturated carbocycles. The Hall–Kier alpha value is -1.59. The van der Waals surface area contributed by atoms with Gasteiger partial charge in [0.15, 0.2) is 0 Å². The van der Waals surface area contributed by atoms with Crippen LogP contribution in [-0.2, 0) is 16.0 Å². The van der Waals surface area contributed by atoms with Crippen LogP contribution in [0.2, 0.25) is 0 Å². The molecule has 1 unspecified atom stereocenters. The van der Waals surface area contributed by atoms with Gasteiger partial charge in [0.2, 0.25) is 11.8 Å². The molecule has 0 saturated heterocycles. The maximum absolute atomic E-state index is 11.9. The van der Waals surface area contributed by atoms with Crippen LogP contribution in [-0.4, -0.2) is 25.4 Å². The number of nitrogens with one attached hydrogen (secondary N) is 3. The second-order valence-electron chi connectivity index (χ2n) is 4.87. The molecule has 3 N–H and O–H groups in total. The Labute approximate surface area is 124 Å². The van der Waals surface area contributed by atoms with Gasteiger partial charge in [-0.05, 0) is 37.2 Å². The van der Waals surface area contributed by atoms with Gasteiger partial charge in [-0.25, -0.2) is 0 Å². The molecule has 1 atom stereocenters. The number of hydrogen-bond donors (Lipinski definition) is 3. The summed E-state index contributed by atoms with van der Waals surface area (Å²) in [6.45, 7) is 2.53. The molecule has 20 heavy (non-hydrogen) atoms. The van der Waals surface area contributed by atoms with Crippen LogP contribution < -0.4 is 16.0 Å². The van der Waals surface area contributed by atoms with E-state index in [2.05, 4.69) is 16.0 Å². The first-order chi connectivity index (χ1) is 9.10. The maximum Gasteiger partial charge on any atom is 0.228 e. The van der Waals surface area contributed by atoms with E-state index in [-0.39, 0.29) is 30.1 Å². The quantitative estimate of drug-likeness (QED) is 0.793. The average Bonchev–Trinajstić information content (AvgIpc) is 2.39. The van der Waals surface area contributed by atoms with Crippen molar-refractivity contribution in [1.29, 1.82) is 0 Å². The first-order valence-corrected chi connectivity index (χ1v) is 6.48. The third-order valence-corrected chi connectivity index (χ3v) is 3.23. The number of benzene rings is 1. The van der Waals surface area contributed by atoms with Gasteiger partial charge in [0.05, 0.1) is 0 Å². The fraction of sp³-hybridized carbons (Fsp3) is 0.429. The summed E-state index contributed by atoms with van der Waals surface area (Å²) in [6.07, 6.45) is 1.22. The Bertz CT molecular complexity index is 505. The van der Waals surface area contributed by atoms with Crippen LogP contribution >= 0.6 is 12.4 Å². The summed E-state index contributed by atoms with van der Waals surface area (Å²) < 4.78 is 0. The van der Waals surface area contributed by atoms with Crippen LogP contribution in [0.25, 0.3) is 0 Å². The zero-order valence-electron chi connectivity index (χ0n) is 11.7. The van der Waals surface area contributed by atoms with E-state index in [1.165, 1.54) is 0 Å². The molecule has 0 spiro atoms. The van der Waals surface area contributed by atoms with Crippen LogP contribution in [0.15, 0.2) is 18.2 Å². The first-order valence-electron chi connectivity index (χ1n) is 6.48. The third kappa shape index (κ3) is 3.95. The fourth-order valence-electron chi connectivity index (χ4n) is 2.13. The van der Waals surface area contributed by atoms with Crippen molar-refractivity contribution in [3.63, 3.8) is 0 Å². The molecule has 0 fully saturated rings. The molecule has 0 radical (unpaired) electrons. The van der Waals surface area contributed by atoms with Gasteiger partial charge in [0, 0.05) is 30.3 Å². The third-order valence-electron chi connectivity index (χ3n) is 3.23. The highest BCUT2D eigenvalue weighted by Crippen LogP contribution is 2.25. The van der Waals surface area contributed by atoms with Crippen molar-refractivity contribution < 1.29 is 9.59 Å². The van der Waals surface area contributed by atoms with E-state index in [0.29, 0.717) is 13.0 Å². The number of aryl methyl sites for hydroxylation is 1. The lowest BCUT2D eigenvalue weighted by Gasteiger charge is -2.18. The van der Waals surface area contributed by atoms with Crippen molar-refractivity contribution in [3.05, 3.63) is 23.8 Å². The maximum atomic E-state index is 11.9. The lowest BCUT2D eigenvalue weighted by Crippen LogP contribution is -2.28. The summed E-state index contributed by atoms with van der Waals surface area (Å²) in [5, 5.41) is 8.70. The van der Waals surface area contributed by atoms with E-state index in [1.54, 1.807) is 0 Å². The van der Waals surface area contributed by atoms with Gasteiger partial charge < -0.3 is 16.0 Å². The summed E-state index contributed by atoms with van der Waals surface area (Å²) in [5.74, 6) is -0.0400. The highest BCUT2D eigenvalue weighted by Gasteiger charge is 2.16. The number of amides is 2. The molecule has 2 amide bonds. The molecule has 0 bridgehead atoms. The topological polar surface area (TPSA) is 70.2 Å². The Morgan fingerprint density at radius 1 is 1.40 bits per heavy atom. The number of rotatable bonds is 4. The lowest BCUT2D eigenvalue weighted by atomic mass is 10.0. The minimum atomic E-state index is -0.0827. The minimum Gasteiger partial charge on any atom is -0.326 e. The standard InChI is InChI=1S/C14H19N3O2.ClH/c1-9(8-15-2)14(19)16-11-4-5-12-10(7-11)3-6-13(18)17-12;/h4-5,7,9,15H,3,6,8H2,1-2H3,(H,16,19)(H,17,18);1H. The van der Waals surface area contributed by atoms with Crippen molar-refractivity contribution >= 4 is 35.6 Å². The van der Waals surface area contributed by atoms with Crippen molar-refractivity contribution in [2.24, 2.45) is 5.92 Å². The molecule has 1 aromatic carbocycles. The normalized spacial score (nSPS) is 14.6. The van der Waals surface area contributed by atoms with Crippen molar-refractivity contribution in [2.75, 3.05) is 24.2 Å². The SMILES string of the molecule is CNCC(C)C(=O)Nc1ccc2c(c1)CCC(=O)N2.Cl. The molecule has 6 heteroatoms. The van der Waals surface area contributed by atoms with Gasteiger partial charge in [0.1, 0.15) is 0 Å². The molecule has 1 aliphatic heterocycles. The first kappa shape index (κ1) is 16.5. The van der Waals surface area contributed by atoms with E-state index in [0.717, 1.165) is 23.4 Å². The highest BCUT2D eigenvalue weighted by atomic mass is 35.5. The number of carbonyl (C=O) groups excluding carboxylic acids is 2. The number of hydrogen-bond acceptors (Lipinski definition) is 3. The van der Waals surface area contributed by atoms with Crippen molar-refractivity contribution in [2.45, 2.75) is 19.8 Å². The molecule has 0 aliphatic carbocycles. The van der Waals surface area contributed by atoms with Gasteiger partial charge in [-0.1, -0.05) is 6.92 Å². The zero-order valence-corrected chi connectivity index (χ0v) is 12.5. The van der Waals surface area contributed by atoms with Crippen LogP contribution in [0.4, 0.5) is 11.4 Å². The Kier molecular flexibility index (Phi) is 5.98. The summed E-state index contributed by atoms with van der Waals surface area (Å²) in [6, 6.07) is 5.58. The number of halogens is 1. The minimum absolute atomic E-state index is 0. The lowest BCUT2D eigenvalue weighted by molar-refractivity contribution is -0.119. The number of anilines is 2. The molecular formula is C14H20ClN3O2. The Morgan fingerprint density at radius 3 is 2.85 bits per heavy atom. The Balaban J connectivity index is 0.00000200. The summed E-state index contributed by atoms with van der Waals surface area (Å²) in [4.78, 5) is 23.2. The van der Waals surface area contributed by atoms with Crippen LogP contribution in [0, 0.1) is 5.92 Å². The molecule has 5 nitrogen and oxygen atoms in total. The predicted octanol–water partition coefficient (Wildman–Crippen LogP) is 1.79. The average molecular weight is 298 g/mol. The molecule has 1 aliphatic rings. The summed E-state index contributed by atoms with van der Waals surface area (Å²) in [7, 11) is 1.82. The molecule has 2 rings (SSSR count). The fourth-order valence-corrected chi connectivity index (χ4v) is 2.13. The van der Waals surface area contributed by atoms with Gasteiger partial charge in [0.25, 0.3) is 0 Å². The smallest absolute Gasteiger partial charge is 0.228 e. The predicted molar refractivity (Wildman–Crippen MR) is 82.4 cm³/mol. The van der Waals surface area contributed by atoms with Gasteiger partial charge >= 0.3 is 0 Å². The number of fused-ring (bicyclic) bond motifs is 1. The van der Waals surface area contributed by atoms with E-state index >= 15 is 0 Å². The van der Waals surface area contributed by atoms with Crippen LogP contribution in [0.3, 0.4) is 0 Å². The largest absolute Gasteiger partial charge is 0.326 e. The van der Waals surface area contributed by atoms with Gasteiger partial charge in [-0.2, -0.15) is 0 Å². The molecule has 110 valence electrons. The second-order valence-corrected chi connectivity index (χ2v) is 4.87. The van der Waals surface area contributed by atoms with Crippen molar-refractivity contribution in [1.82, 2.24) is 5.32 Å². The Morgan fingerprint density at radius 2 is 2.15 bits per heavy atom. The highest BCUT2D eigenvalue weighted by molar-refractivity contribution is 5.96. The number of carbonyl (C=O) groups is 2. The molecule has 1 aromatic rings. The van der Waals surface area contributed by atoms with Gasteiger partial charge in [-0.3, -0.25) is 9.59 Å². The molecular weight excluding hydrogens is 278 g/mol. The molecule has 0 aromatic heterocycles. The van der Waals surface area contributed by atoms with E-state index in [9.17, 15) is 9.59 Å². The van der Waals surface area contributed by atoms with E-state index in [4.69, 9.17) is 0 Å². The van der Waals surface area contributed by atoms with E-state index < -0.39 is 0 Å². The summed E-state index contributed by atoms with van der Waals surface area (Å²) >= 11 is 0. The van der Waals surface area contributed by atoms with E-state index in [1.807, 2.05) is 32.2 Å². The van der Waals surface area contributed by atoms with Crippen LogP contribution in [0.1, 0.15) is 18.9 Å².